The molecule has 0 saturated carbocycles. The van der Waals surface area contributed by atoms with Gasteiger partial charge in [0.15, 0.2) is 0 Å². The van der Waals surface area contributed by atoms with Crippen molar-refractivity contribution in [2.45, 2.75) is 20.8 Å². The minimum Gasteiger partial charge on any atom is -0.876 e. The normalized spacial score (nSPS) is 7.83. The van der Waals surface area contributed by atoms with Crippen molar-refractivity contribution in [1.29, 1.82) is 0 Å². The van der Waals surface area contributed by atoms with Gasteiger partial charge in [0.1, 0.15) is 0 Å². The zero-order valence-corrected chi connectivity index (χ0v) is 4.41. The summed E-state index contributed by atoms with van der Waals surface area (Å²) < 4.78 is 0. The summed E-state index contributed by atoms with van der Waals surface area (Å²) in [7, 11) is 0. The molecule has 1 nitrogen and oxygen atoms in total. The van der Waals surface area contributed by atoms with E-state index in [1.807, 2.05) is 13.8 Å². The molecule has 0 saturated heterocycles. The lowest BCUT2D eigenvalue weighted by Crippen LogP contribution is -1.98. The molecule has 0 heterocycles. The molecular formula is C5H9O-. The second-order valence-electron chi connectivity index (χ2n) is 1.56. The predicted octanol–water partition coefficient (Wildman–Crippen LogP) is 0.660. The van der Waals surface area contributed by atoms with E-state index in [0.29, 0.717) is 0 Å². The monoisotopic (exact) mass is 85.1 g/mol. The molecule has 0 aliphatic heterocycles. The summed E-state index contributed by atoms with van der Waals surface area (Å²) in [6.07, 6.45) is 0. The Bertz CT molecular complexity index is 54.0. The van der Waals surface area contributed by atoms with Crippen LogP contribution < -0.4 is 5.11 Å². The van der Waals surface area contributed by atoms with Gasteiger partial charge in [-0.1, -0.05) is 12.5 Å². The molecule has 0 amide bonds. The molecule has 36 valence electrons. The fourth-order valence-corrected chi connectivity index (χ4v) is 0. The molecule has 0 aliphatic carbocycles. The van der Waals surface area contributed by atoms with Gasteiger partial charge in [0.05, 0.1) is 0 Å². The van der Waals surface area contributed by atoms with Crippen LogP contribution in [-0.2, 0) is 0 Å². The molecule has 0 unspecified atom stereocenters. The van der Waals surface area contributed by atoms with E-state index in [-0.39, 0.29) is 5.76 Å². The van der Waals surface area contributed by atoms with Crippen molar-refractivity contribution in [1.82, 2.24) is 0 Å². The highest BCUT2D eigenvalue weighted by molar-refractivity contribution is 4.95. The van der Waals surface area contributed by atoms with Gasteiger partial charge in [0, 0.05) is 0 Å². The second kappa shape index (κ2) is 1.85. The molecule has 0 aromatic rings. The SMILES string of the molecule is CC(C)=C(C)[O-]. The Morgan fingerprint density at radius 2 is 1.33 bits per heavy atom. The van der Waals surface area contributed by atoms with Gasteiger partial charge in [-0.3, -0.25) is 0 Å². The zero-order chi connectivity index (χ0) is 5.15. The van der Waals surface area contributed by atoms with Crippen LogP contribution in [0.1, 0.15) is 20.8 Å². The van der Waals surface area contributed by atoms with E-state index < -0.39 is 0 Å². The van der Waals surface area contributed by atoms with Crippen molar-refractivity contribution in [3.63, 3.8) is 0 Å². The van der Waals surface area contributed by atoms with Gasteiger partial charge >= 0.3 is 0 Å². The maximum Gasteiger partial charge on any atom is -0.0448 e. The molecule has 0 radical (unpaired) electrons. The van der Waals surface area contributed by atoms with Crippen molar-refractivity contribution in [3.05, 3.63) is 11.3 Å². The predicted molar refractivity (Wildman–Crippen MR) is 24.0 cm³/mol. The first kappa shape index (κ1) is 5.54. The van der Waals surface area contributed by atoms with Gasteiger partial charge in [-0.15, -0.1) is 5.76 Å². The zero-order valence-electron chi connectivity index (χ0n) is 4.41. The Morgan fingerprint density at radius 1 is 1.17 bits per heavy atom. The third-order valence-corrected chi connectivity index (χ3v) is 0.704. The Morgan fingerprint density at radius 3 is 1.33 bits per heavy atom. The summed E-state index contributed by atoms with van der Waals surface area (Å²) in [6, 6.07) is 0. The van der Waals surface area contributed by atoms with E-state index >= 15 is 0 Å². The van der Waals surface area contributed by atoms with E-state index in [0.717, 1.165) is 5.57 Å². The van der Waals surface area contributed by atoms with Gasteiger partial charge in [-0.2, -0.15) is 0 Å². The molecule has 0 atom stereocenters. The topological polar surface area (TPSA) is 23.1 Å². The largest absolute Gasteiger partial charge is 0.876 e. The first-order chi connectivity index (χ1) is 2.64. The van der Waals surface area contributed by atoms with Crippen LogP contribution in [0.25, 0.3) is 0 Å². The van der Waals surface area contributed by atoms with Crippen LogP contribution in [-0.4, -0.2) is 0 Å². The van der Waals surface area contributed by atoms with E-state index in [2.05, 4.69) is 0 Å². The van der Waals surface area contributed by atoms with Crippen molar-refractivity contribution >= 4 is 0 Å². The maximum absolute atomic E-state index is 10.1. The summed E-state index contributed by atoms with van der Waals surface area (Å²) in [5.74, 6) is 0.176. The summed E-state index contributed by atoms with van der Waals surface area (Å²) in [5, 5.41) is 10.1. The van der Waals surface area contributed by atoms with E-state index in [1.165, 1.54) is 0 Å². The fourth-order valence-electron chi connectivity index (χ4n) is 0. The molecule has 1 heteroatoms. The molecule has 0 spiro atoms. The molecule has 6 heavy (non-hydrogen) atoms. The van der Waals surface area contributed by atoms with E-state index in [1.54, 1.807) is 6.92 Å². The van der Waals surface area contributed by atoms with Crippen LogP contribution in [0.4, 0.5) is 0 Å². The Balaban J connectivity index is 3.68. The first-order valence-electron chi connectivity index (χ1n) is 1.95. The molecular weight excluding hydrogens is 76.1 g/mol. The molecule has 0 N–H and O–H groups in total. The minimum absolute atomic E-state index is 0.176. The van der Waals surface area contributed by atoms with Crippen molar-refractivity contribution in [2.75, 3.05) is 0 Å². The summed E-state index contributed by atoms with van der Waals surface area (Å²) in [4.78, 5) is 0. The van der Waals surface area contributed by atoms with Gasteiger partial charge in [-0.05, 0) is 13.8 Å². The van der Waals surface area contributed by atoms with Gasteiger partial charge in [-0.25, -0.2) is 0 Å². The lowest BCUT2D eigenvalue weighted by atomic mass is 10.3. The first-order valence-corrected chi connectivity index (χ1v) is 1.95. The number of hydrogen-bond donors (Lipinski definition) is 0. The summed E-state index contributed by atoms with van der Waals surface area (Å²) in [5.41, 5.74) is 0.870. The van der Waals surface area contributed by atoms with Crippen molar-refractivity contribution in [2.24, 2.45) is 0 Å². The standard InChI is InChI=1S/C5H10O/c1-4(2)5(3)6/h6H,1-3H3/p-1. The van der Waals surface area contributed by atoms with E-state index in [9.17, 15) is 5.11 Å². The van der Waals surface area contributed by atoms with Crippen LogP contribution in [0.5, 0.6) is 0 Å². The molecule has 0 aromatic carbocycles. The summed E-state index contributed by atoms with van der Waals surface area (Å²) in [6.45, 7) is 5.18. The molecule has 0 bridgehead atoms. The third kappa shape index (κ3) is 1.82. The highest BCUT2D eigenvalue weighted by atomic mass is 16.3. The van der Waals surface area contributed by atoms with Gasteiger partial charge < -0.3 is 5.11 Å². The smallest absolute Gasteiger partial charge is 0.0448 e. The molecule has 0 aromatic heterocycles. The second-order valence-corrected chi connectivity index (χ2v) is 1.56. The lowest BCUT2D eigenvalue weighted by Gasteiger charge is -2.03. The van der Waals surface area contributed by atoms with Gasteiger partial charge in [0.2, 0.25) is 0 Å². The Kier molecular flexibility index (Phi) is 1.71. The van der Waals surface area contributed by atoms with Crippen LogP contribution in [0.3, 0.4) is 0 Å². The van der Waals surface area contributed by atoms with Gasteiger partial charge in [0.25, 0.3) is 0 Å². The van der Waals surface area contributed by atoms with Crippen LogP contribution in [0.15, 0.2) is 11.3 Å². The fraction of sp³-hybridized carbons (Fsp3) is 0.600. The van der Waals surface area contributed by atoms with Crippen LogP contribution >= 0.6 is 0 Å². The van der Waals surface area contributed by atoms with Crippen molar-refractivity contribution < 1.29 is 5.11 Å². The molecule has 0 aliphatic rings. The van der Waals surface area contributed by atoms with Crippen molar-refractivity contribution in [3.8, 4) is 0 Å². The Labute approximate surface area is 38.3 Å². The number of hydrogen-bond acceptors (Lipinski definition) is 1. The maximum atomic E-state index is 10.1. The summed E-state index contributed by atoms with van der Waals surface area (Å²) >= 11 is 0. The minimum atomic E-state index is 0.176. The number of allylic oxidation sites excluding steroid dienone is 2. The van der Waals surface area contributed by atoms with E-state index in [4.69, 9.17) is 0 Å². The average Bonchev–Trinajstić information content (AvgIpc) is 1.36. The molecule has 0 rings (SSSR count). The average molecular weight is 85.1 g/mol. The quantitative estimate of drug-likeness (QED) is 0.396. The number of rotatable bonds is 0. The molecule has 0 fully saturated rings. The lowest BCUT2D eigenvalue weighted by molar-refractivity contribution is -0.303. The highest BCUT2D eigenvalue weighted by Crippen LogP contribution is 1.90. The van der Waals surface area contributed by atoms with Crippen LogP contribution in [0.2, 0.25) is 0 Å². The third-order valence-electron chi connectivity index (χ3n) is 0.704. The Hall–Kier alpha value is -0.460. The highest BCUT2D eigenvalue weighted by Gasteiger charge is 1.67. The van der Waals surface area contributed by atoms with Crippen LogP contribution in [0, 0.1) is 0 Å².